The molecule has 3 N–H and O–H groups in total. The van der Waals surface area contributed by atoms with Gasteiger partial charge in [0.25, 0.3) is 0 Å². The zero-order valence-corrected chi connectivity index (χ0v) is 61.1. The number of carbonyl (C=O) groups is 4. The highest BCUT2D eigenvalue weighted by Gasteiger charge is 2.30. The average molecular weight is 1350 g/mol. The van der Waals surface area contributed by atoms with Gasteiger partial charge in [-0.05, 0) is 63.2 Å². The van der Waals surface area contributed by atoms with Gasteiger partial charge in [0.05, 0.1) is 26.4 Å². The molecule has 17 nitrogen and oxygen atoms in total. The van der Waals surface area contributed by atoms with Gasteiger partial charge in [-0.2, -0.15) is 0 Å². The van der Waals surface area contributed by atoms with Crippen LogP contribution in [0.3, 0.4) is 0 Å². The number of rotatable bonds is 70. The molecular formula is C73H138O17P2. The van der Waals surface area contributed by atoms with E-state index in [1.807, 2.05) is 0 Å². The molecular weight excluding hydrogens is 1210 g/mol. The molecule has 0 heterocycles. The van der Waals surface area contributed by atoms with Crippen molar-refractivity contribution in [3.63, 3.8) is 0 Å². The van der Waals surface area contributed by atoms with Crippen molar-refractivity contribution in [1.29, 1.82) is 0 Å². The highest BCUT2D eigenvalue weighted by molar-refractivity contribution is 7.47. The third kappa shape index (κ3) is 63.6. The zero-order chi connectivity index (χ0) is 67.9. The molecule has 7 atom stereocenters. The SMILES string of the molecule is CCCCCC/C=C\C=C/CCCCCCCC(=O)OC[C@H](COP(=O)(O)OC[C@@H](O)COP(=O)(O)OC[C@@H](COC(=O)CCCCCCC)OC(=O)CCCCCCCCC(C)CC)OC(=O)CCCCCCCCCCCCCCCCCCCCC(C)CC. The number of aliphatic hydroxyl groups is 1. The number of hydrogen-bond acceptors (Lipinski definition) is 15. The predicted molar refractivity (Wildman–Crippen MR) is 372 cm³/mol. The minimum Gasteiger partial charge on any atom is -0.462 e. The predicted octanol–water partition coefficient (Wildman–Crippen LogP) is 20.7. The van der Waals surface area contributed by atoms with Gasteiger partial charge >= 0.3 is 39.5 Å². The molecule has 0 rings (SSSR count). The van der Waals surface area contributed by atoms with Crippen molar-refractivity contribution in [1.82, 2.24) is 0 Å². The van der Waals surface area contributed by atoms with Crippen LogP contribution in [0.15, 0.2) is 24.3 Å². The standard InChI is InChI=1S/C73H138O17P2/c1-7-11-13-15-16-17-18-19-24-28-31-34-37-44-50-56-71(76)84-62-69(89-72(77)57-51-45-38-35-32-29-26-23-21-20-22-25-27-30-33-36-42-47-53-65(5)9-3)64-88-92(81,82)86-60-67(74)59-85-91(79,80)87-63-68(61-83-70(75)55-49-41-14-12-8-2)90-73(78)58-52-46-40-39-43-48-54-66(6)10-4/h17-19,24,65-69,74H,7-16,20-23,25-64H2,1-6H3,(H,79,80)(H,81,82)/b18-17-,24-19-/t65?,66?,67-,68+,69+/m0/s1. The summed E-state index contributed by atoms with van der Waals surface area (Å²) in [4.78, 5) is 72.3. The van der Waals surface area contributed by atoms with Crippen LogP contribution in [0.1, 0.15) is 350 Å². The monoisotopic (exact) mass is 1350 g/mol. The maximum atomic E-state index is 13.1. The van der Waals surface area contributed by atoms with Gasteiger partial charge in [-0.1, -0.05) is 297 Å². The largest absolute Gasteiger partial charge is 0.472 e. The number of aliphatic hydroxyl groups excluding tert-OH is 1. The van der Waals surface area contributed by atoms with E-state index in [4.69, 9.17) is 37.0 Å². The molecule has 0 aromatic rings. The van der Waals surface area contributed by atoms with Crippen LogP contribution in [0.2, 0.25) is 0 Å². The number of phosphoric ester groups is 2. The molecule has 0 radical (unpaired) electrons. The number of hydrogen-bond donors (Lipinski definition) is 3. The molecule has 0 aromatic heterocycles. The lowest BCUT2D eigenvalue weighted by Gasteiger charge is -2.21. The Labute approximate surface area is 561 Å². The Kier molecular flexibility index (Phi) is 62.8. The van der Waals surface area contributed by atoms with Crippen molar-refractivity contribution in [2.45, 2.75) is 368 Å². The second-order valence-electron chi connectivity index (χ2n) is 26.1. The minimum atomic E-state index is -4.96. The molecule has 0 fully saturated rings. The summed E-state index contributed by atoms with van der Waals surface area (Å²) in [5.74, 6) is -0.578. The highest BCUT2D eigenvalue weighted by Crippen LogP contribution is 2.45. The van der Waals surface area contributed by atoms with E-state index in [0.29, 0.717) is 25.7 Å². The quantitative estimate of drug-likeness (QED) is 0.0169. The first-order chi connectivity index (χ1) is 44.4. The van der Waals surface area contributed by atoms with Gasteiger partial charge in [-0.3, -0.25) is 37.3 Å². The summed E-state index contributed by atoms with van der Waals surface area (Å²) in [6.07, 6.45) is 54.1. The normalized spacial score (nSPS) is 14.8. The molecule has 4 unspecified atom stereocenters. The van der Waals surface area contributed by atoms with Crippen LogP contribution in [0.25, 0.3) is 0 Å². The van der Waals surface area contributed by atoms with Crippen LogP contribution in [0, 0.1) is 11.8 Å². The molecule has 0 spiro atoms. The molecule has 0 aliphatic rings. The Balaban J connectivity index is 5.15. The van der Waals surface area contributed by atoms with Crippen LogP contribution >= 0.6 is 15.6 Å². The Morgan fingerprint density at radius 3 is 0.924 bits per heavy atom. The van der Waals surface area contributed by atoms with Gasteiger partial charge in [-0.15, -0.1) is 0 Å². The van der Waals surface area contributed by atoms with Crippen molar-refractivity contribution >= 4 is 39.5 Å². The van der Waals surface area contributed by atoms with Gasteiger partial charge in [0.15, 0.2) is 12.2 Å². The summed E-state index contributed by atoms with van der Waals surface area (Å²) in [7, 11) is -9.90. The maximum Gasteiger partial charge on any atom is 0.472 e. The first-order valence-electron chi connectivity index (χ1n) is 37.4. The Morgan fingerprint density at radius 2 is 0.609 bits per heavy atom. The van der Waals surface area contributed by atoms with Crippen molar-refractivity contribution < 1.29 is 80.2 Å². The molecule has 0 saturated heterocycles. The van der Waals surface area contributed by atoms with Crippen LogP contribution in [0.4, 0.5) is 0 Å². The number of unbranched alkanes of at least 4 members (excludes halogenated alkanes) is 35. The fourth-order valence-corrected chi connectivity index (χ4v) is 12.1. The van der Waals surface area contributed by atoms with Gasteiger partial charge in [0.2, 0.25) is 0 Å². The molecule has 0 bridgehead atoms. The first-order valence-corrected chi connectivity index (χ1v) is 40.4. The molecule has 542 valence electrons. The lowest BCUT2D eigenvalue weighted by atomic mass is 9.99. The van der Waals surface area contributed by atoms with Crippen LogP contribution in [-0.4, -0.2) is 96.7 Å². The molecule has 0 saturated carbocycles. The van der Waals surface area contributed by atoms with E-state index >= 15 is 0 Å². The van der Waals surface area contributed by atoms with Gasteiger partial charge in [0.1, 0.15) is 19.3 Å². The molecule has 19 heteroatoms. The number of ether oxygens (including phenoxy) is 4. The first kappa shape index (κ1) is 89.5. The Hall–Kier alpha value is -2.46. The minimum absolute atomic E-state index is 0.0997. The fraction of sp³-hybridized carbons (Fsp3) is 0.890. The molecule has 0 amide bonds. The second kappa shape index (κ2) is 64.5. The van der Waals surface area contributed by atoms with Crippen molar-refractivity contribution in [2.75, 3.05) is 39.6 Å². The Bertz CT molecular complexity index is 1880. The smallest absolute Gasteiger partial charge is 0.462 e. The second-order valence-corrected chi connectivity index (χ2v) is 29.0. The molecule has 0 aliphatic heterocycles. The summed E-state index contributed by atoms with van der Waals surface area (Å²) in [5, 5.41) is 10.6. The number of carbonyl (C=O) groups excluding carboxylic acids is 4. The molecule has 0 aliphatic carbocycles. The summed E-state index contributed by atoms with van der Waals surface area (Å²) in [6, 6.07) is 0. The summed E-state index contributed by atoms with van der Waals surface area (Å²) < 4.78 is 68.1. The zero-order valence-electron chi connectivity index (χ0n) is 59.3. The summed E-state index contributed by atoms with van der Waals surface area (Å²) in [6.45, 7) is 9.42. The fourth-order valence-electron chi connectivity index (χ4n) is 10.5. The lowest BCUT2D eigenvalue weighted by Crippen LogP contribution is -2.30. The van der Waals surface area contributed by atoms with E-state index in [9.17, 15) is 43.2 Å². The topological polar surface area (TPSA) is 237 Å². The van der Waals surface area contributed by atoms with Gasteiger partial charge in [0, 0.05) is 25.7 Å². The van der Waals surface area contributed by atoms with Crippen molar-refractivity contribution in [3.8, 4) is 0 Å². The van der Waals surface area contributed by atoms with E-state index < -0.39 is 97.5 Å². The third-order valence-electron chi connectivity index (χ3n) is 17.1. The summed E-state index contributed by atoms with van der Waals surface area (Å²) >= 11 is 0. The molecule has 0 aromatic carbocycles. The highest BCUT2D eigenvalue weighted by atomic mass is 31.2. The molecule has 92 heavy (non-hydrogen) atoms. The Morgan fingerprint density at radius 1 is 0.348 bits per heavy atom. The van der Waals surface area contributed by atoms with Crippen LogP contribution in [0.5, 0.6) is 0 Å². The third-order valence-corrected chi connectivity index (χ3v) is 19.0. The number of allylic oxidation sites excluding steroid dienone is 4. The van der Waals surface area contributed by atoms with Gasteiger partial charge < -0.3 is 33.8 Å². The van der Waals surface area contributed by atoms with Crippen LogP contribution in [-0.2, 0) is 65.4 Å². The van der Waals surface area contributed by atoms with E-state index in [1.165, 1.54) is 141 Å². The van der Waals surface area contributed by atoms with Crippen LogP contribution < -0.4 is 0 Å². The van der Waals surface area contributed by atoms with E-state index in [-0.39, 0.29) is 25.7 Å². The van der Waals surface area contributed by atoms with Crippen molar-refractivity contribution in [3.05, 3.63) is 24.3 Å². The van der Waals surface area contributed by atoms with E-state index in [0.717, 1.165) is 127 Å². The van der Waals surface area contributed by atoms with Gasteiger partial charge in [-0.25, -0.2) is 9.13 Å². The van der Waals surface area contributed by atoms with E-state index in [2.05, 4.69) is 65.8 Å². The maximum absolute atomic E-state index is 13.1. The number of phosphoric acid groups is 2. The lowest BCUT2D eigenvalue weighted by molar-refractivity contribution is -0.161. The summed E-state index contributed by atoms with van der Waals surface area (Å²) in [5.41, 5.74) is 0. The van der Waals surface area contributed by atoms with Crippen molar-refractivity contribution in [2.24, 2.45) is 11.8 Å². The number of esters is 4. The van der Waals surface area contributed by atoms with E-state index in [1.54, 1.807) is 0 Å². The average Bonchev–Trinajstić information content (AvgIpc) is 1.99.